The number of hydrogen-bond acceptors (Lipinski definition) is 9. The van der Waals surface area contributed by atoms with Crippen molar-refractivity contribution in [3.63, 3.8) is 0 Å². The van der Waals surface area contributed by atoms with Crippen molar-refractivity contribution in [2.24, 2.45) is 0 Å². The number of aryl methyl sites for hydroxylation is 2. The molecule has 8 nitrogen and oxygen atoms in total. The van der Waals surface area contributed by atoms with E-state index in [9.17, 15) is 9.90 Å². The smallest absolute Gasteiger partial charge is 0.422 e. The van der Waals surface area contributed by atoms with E-state index in [1.807, 2.05) is 102 Å². The van der Waals surface area contributed by atoms with E-state index in [-0.39, 0.29) is 12.4 Å². The van der Waals surface area contributed by atoms with E-state index in [1.54, 1.807) is 18.4 Å². The number of unbranched alkanes of at least 4 members (excludes halogenated alkanes) is 1. The van der Waals surface area contributed by atoms with E-state index in [0.717, 1.165) is 51.7 Å². The molecule has 0 amide bonds. The molecule has 10 heteroatoms. The molecule has 0 atom stereocenters. The molecule has 6 rings (SSSR count). The summed E-state index contributed by atoms with van der Waals surface area (Å²) in [5, 5.41) is 16.4. The summed E-state index contributed by atoms with van der Waals surface area (Å²) >= 11 is 3.06. The minimum Gasteiger partial charge on any atom is -0.493 e. The van der Waals surface area contributed by atoms with Gasteiger partial charge in [-0.25, -0.2) is 19.3 Å². The van der Waals surface area contributed by atoms with Crippen LogP contribution in [0.15, 0.2) is 98.8 Å². The summed E-state index contributed by atoms with van der Waals surface area (Å²) in [4.78, 5) is 21.8. The van der Waals surface area contributed by atoms with Crippen LogP contribution in [0.5, 0.6) is 17.4 Å². The minimum atomic E-state index is -0.588. The van der Waals surface area contributed by atoms with Crippen LogP contribution in [0.1, 0.15) is 56.7 Å². The van der Waals surface area contributed by atoms with E-state index >= 15 is 0 Å². The standard InChI is InChI=1S/C38H35N3O5S2/c1-44-34-22-29(16-19-32(34)45-24-31-26-48-36(40-31)21-18-28-12-6-3-7-13-28)14-8-9-15-33-37(42)41(38(43)46-33)23-30-25-47-35(39-30)20-17-27-10-4-2-5-11-27/h2-7,10-13,16-22,25-26,42H,8-9,14-15,23-24H2,1H3. The van der Waals surface area contributed by atoms with Gasteiger partial charge in [0.25, 0.3) is 0 Å². The lowest BCUT2D eigenvalue weighted by molar-refractivity contribution is 0.281. The molecule has 0 bridgehead atoms. The van der Waals surface area contributed by atoms with Crippen LogP contribution in [0.25, 0.3) is 24.3 Å². The number of rotatable bonds is 15. The highest BCUT2D eigenvalue weighted by atomic mass is 32.1. The number of methoxy groups -OCH3 is 1. The topological polar surface area (TPSA) is 99.6 Å². The molecule has 0 aliphatic carbocycles. The van der Waals surface area contributed by atoms with Crippen LogP contribution >= 0.6 is 22.7 Å². The second kappa shape index (κ2) is 16.1. The van der Waals surface area contributed by atoms with Gasteiger partial charge in [0.05, 0.1) is 25.0 Å². The maximum atomic E-state index is 12.5. The van der Waals surface area contributed by atoms with E-state index in [2.05, 4.69) is 22.1 Å². The monoisotopic (exact) mass is 677 g/mol. The SMILES string of the molecule is COc1cc(CCCCc2oc(=O)n(Cc3csc(C=Cc4ccccc4)n3)c2O)ccc1OCc1csc(C=Cc2ccccc2)n1. The summed E-state index contributed by atoms with van der Waals surface area (Å²) in [5.74, 6) is 0.879. The first kappa shape index (κ1) is 32.7. The summed E-state index contributed by atoms with van der Waals surface area (Å²) in [7, 11) is 1.63. The number of thiazole rings is 2. The predicted octanol–water partition coefficient (Wildman–Crippen LogP) is 8.60. The molecule has 0 radical (unpaired) electrons. The summed E-state index contributed by atoms with van der Waals surface area (Å²) < 4.78 is 18.3. The summed E-state index contributed by atoms with van der Waals surface area (Å²) in [5.41, 5.74) is 4.85. The van der Waals surface area contributed by atoms with Crippen molar-refractivity contribution in [2.75, 3.05) is 7.11 Å². The molecule has 0 fully saturated rings. The van der Waals surface area contributed by atoms with Gasteiger partial charge in [-0.3, -0.25) is 0 Å². The van der Waals surface area contributed by atoms with E-state index in [1.165, 1.54) is 15.9 Å². The Morgan fingerprint density at radius 2 is 1.42 bits per heavy atom. The lowest BCUT2D eigenvalue weighted by Crippen LogP contribution is -2.14. The lowest BCUT2D eigenvalue weighted by atomic mass is 10.1. The Morgan fingerprint density at radius 1 is 0.792 bits per heavy atom. The fraction of sp³-hybridized carbons (Fsp3) is 0.184. The van der Waals surface area contributed by atoms with Crippen molar-refractivity contribution in [1.82, 2.24) is 14.5 Å². The number of aromatic nitrogens is 3. The third-order valence-electron chi connectivity index (χ3n) is 7.55. The van der Waals surface area contributed by atoms with Crippen LogP contribution in [-0.2, 0) is 26.0 Å². The maximum absolute atomic E-state index is 12.5. The van der Waals surface area contributed by atoms with Gasteiger partial charge >= 0.3 is 5.76 Å². The van der Waals surface area contributed by atoms with Gasteiger partial charge < -0.3 is 19.0 Å². The first-order valence-corrected chi connectivity index (χ1v) is 17.4. The van der Waals surface area contributed by atoms with Crippen LogP contribution in [0, 0.1) is 0 Å². The number of benzene rings is 3. The number of hydrogen-bond donors (Lipinski definition) is 1. The van der Waals surface area contributed by atoms with Crippen molar-refractivity contribution < 1.29 is 19.0 Å². The Hall–Kier alpha value is -5.19. The summed E-state index contributed by atoms with van der Waals surface area (Å²) in [6.07, 6.45) is 10.8. The number of nitrogens with zero attached hydrogens (tertiary/aromatic N) is 3. The summed E-state index contributed by atoms with van der Waals surface area (Å²) in [6.45, 7) is 0.488. The van der Waals surface area contributed by atoms with Crippen molar-refractivity contribution in [2.45, 2.75) is 38.8 Å². The first-order valence-electron chi connectivity index (χ1n) is 15.6. The molecule has 0 aliphatic rings. The predicted molar refractivity (Wildman–Crippen MR) is 193 cm³/mol. The highest BCUT2D eigenvalue weighted by Gasteiger charge is 2.17. The average Bonchev–Trinajstić information content (AvgIpc) is 3.85. The number of ether oxygens (including phenoxy) is 2. The molecule has 6 aromatic rings. The molecule has 3 aromatic carbocycles. The molecule has 0 saturated heterocycles. The second-order valence-corrected chi connectivity index (χ2v) is 12.8. The van der Waals surface area contributed by atoms with E-state index < -0.39 is 5.76 Å². The molecule has 3 aromatic heterocycles. The molecule has 0 unspecified atom stereocenters. The van der Waals surface area contributed by atoms with Gasteiger partial charge in [0, 0.05) is 17.2 Å². The quantitative estimate of drug-likeness (QED) is 0.109. The van der Waals surface area contributed by atoms with E-state index in [0.29, 0.717) is 36.0 Å². The maximum Gasteiger partial charge on any atom is 0.422 e. The van der Waals surface area contributed by atoms with Crippen LogP contribution in [0.3, 0.4) is 0 Å². The fourth-order valence-corrected chi connectivity index (χ4v) is 6.46. The van der Waals surface area contributed by atoms with Crippen LogP contribution in [-0.4, -0.2) is 26.8 Å². The molecule has 1 N–H and O–H groups in total. The molecule has 48 heavy (non-hydrogen) atoms. The Bertz CT molecular complexity index is 2040. The summed E-state index contributed by atoms with van der Waals surface area (Å²) in [6, 6.07) is 26.0. The third kappa shape index (κ3) is 8.78. The zero-order valence-electron chi connectivity index (χ0n) is 26.5. The van der Waals surface area contributed by atoms with Gasteiger partial charge in [0.2, 0.25) is 5.88 Å². The van der Waals surface area contributed by atoms with Gasteiger partial charge in [0.15, 0.2) is 17.3 Å². The average molecular weight is 678 g/mol. The molecule has 244 valence electrons. The van der Waals surface area contributed by atoms with Crippen molar-refractivity contribution in [3.05, 3.63) is 144 Å². The van der Waals surface area contributed by atoms with Gasteiger partial charge in [0.1, 0.15) is 16.6 Å². The Balaban J connectivity index is 0.973. The Labute approximate surface area is 286 Å². The van der Waals surface area contributed by atoms with Crippen molar-refractivity contribution >= 4 is 47.0 Å². The molecular weight excluding hydrogens is 643 g/mol. The third-order valence-corrected chi connectivity index (χ3v) is 9.27. The highest BCUT2D eigenvalue weighted by molar-refractivity contribution is 7.10. The highest BCUT2D eigenvalue weighted by Crippen LogP contribution is 2.30. The van der Waals surface area contributed by atoms with Crippen LogP contribution in [0.2, 0.25) is 0 Å². The molecule has 0 aliphatic heterocycles. The lowest BCUT2D eigenvalue weighted by Gasteiger charge is -2.11. The van der Waals surface area contributed by atoms with Gasteiger partial charge in [-0.05, 0) is 60.2 Å². The van der Waals surface area contributed by atoms with Crippen LogP contribution < -0.4 is 15.2 Å². The van der Waals surface area contributed by atoms with E-state index in [4.69, 9.17) is 13.9 Å². The minimum absolute atomic E-state index is 0.142. The van der Waals surface area contributed by atoms with Crippen LogP contribution in [0.4, 0.5) is 0 Å². The normalized spacial score (nSPS) is 11.5. The Kier molecular flexibility index (Phi) is 11.0. The Morgan fingerprint density at radius 3 is 2.08 bits per heavy atom. The van der Waals surface area contributed by atoms with Gasteiger partial charge in [-0.1, -0.05) is 78.9 Å². The van der Waals surface area contributed by atoms with Crippen molar-refractivity contribution in [1.29, 1.82) is 0 Å². The molecular formula is C38H35N3O5S2. The molecule has 0 saturated carbocycles. The molecule has 0 spiro atoms. The fourth-order valence-electron chi connectivity index (χ4n) is 5.06. The zero-order chi connectivity index (χ0) is 33.1. The van der Waals surface area contributed by atoms with Crippen molar-refractivity contribution in [3.8, 4) is 17.4 Å². The van der Waals surface area contributed by atoms with Gasteiger partial charge in [-0.2, -0.15) is 0 Å². The van der Waals surface area contributed by atoms with Gasteiger partial charge in [-0.15, -0.1) is 22.7 Å². The molecule has 3 heterocycles. The number of oxazole rings is 1. The number of aromatic hydroxyl groups is 1. The largest absolute Gasteiger partial charge is 0.493 e. The zero-order valence-corrected chi connectivity index (χ0v) is 28.1. The first-order chi connectivity index (χ1) is 23.5. The second-order valence-electron chi connectivity index (χ2n) is 11.0.